The fourth-order valence-corrected chi connectivity index (χ4v) is 5.33. The van der Waals surface area contributed by atoms with Gasteiger partial charge in [-0.05, 0) is 63.3 Å². The first kappa shape index (κ1) is 23.1. The standard InChI is InChI=1S/C27H29N5O3/c1-17-14-20(18(2)29-21-7-4-3-6-19(21)26(33)34)24-22(15-17)30-23(16-28)25(31-24)32-11-9-27(10-12-32)8-5-13-35-27/h3-4,6-7,14-15,18,29H,5,8-13H2,1-2H3,(H,33,34)/t18-/m1/s1. The van der Waals surface area contributed by atoms with Gasteiger partial charge in [0.15, 0.2) is 11.5 Å². The Kier molecular flexibility index (Phi) is 6.03. The van der Waals surface area contributed by atoms with E-state index in [0.717, 1.165) is 62.0 Å². The number of piperidine rings is 1. The van der Waals surface area contributed by atoms with E-state index >= 15 is 0 Å². The monoisotopic (exact) mass is 471 g/mol. The molecule has 8 heteroatoms. The summed E-state index contributed by atoms with van der Waals surface area (Å²) in [5, 5.41) is 22.8. The molecule has 2 aromatic carbocycles. The average molecular weight is 472 g/mol. The van der Waals surface area contributed by atoms with E-state index < -0.39 is 5.97 Å². The molecule has 2 N–H and O–H groups in total. The third-order valence-corrected chi connectivity index (χ3v) is 7.19. The molecule has 2 saturated heterocycles. The minimum atomic E-state index is -0.982. The largest absolute Gasteiger partial charge is 0.478 e. The van der Waals surface area contributed by atoms with Crippen LogP contribution in [0.3, 0.4) is 0 Å². The lowest BCUT2D eigenvalue weighted by Crippen LogP contribution is -2.44. The van der Waals surface area contributed by atoms with Crippen molar-refractivity contribution < 1.29 is 14.6 Å². The number of carboxylic acids is 1. The molecule has 0 saturated carbocycles. The second-order valence-electron chi connectivity index (χ2n) is 9.57. The van der Waals surface area contributed by atoms with Gasteiger partial charge in [-0.1, -0.05) is 18.2 Å². The van der Waals surface area contributed by atoms with Crippen LogP contribution >= 0.6 is 0 Å². The Labute approximate surface area is 204 Å². The number of nitriles is 1. The van der Waals surface area contributed by atoms with Gasteiger partial charge in [-0.15, -0.1) is 0 Å². The van der Waals surface area contributed by atoms with Crippen LogP contribution in [-0.4, -0.2) is 46.3 Å². The molecule has 3 aromatic rings. The van der Waals surface area contributed by atoms with E-state index in [4.69, 9.17) is 14.7 Å². The number of rotatable bonds is 5. The van der Waals surface area contributed by atoms with Gasteiger partial charge in [-0.25, -0.2) is 14.8 Å². The molecule has 1 atom stereocenters. The molecule has 35 heavy (non-hydrogen) atoms. The topological polar surface area (TPSA) is 111 Å². The molecular formula is C27H29N5O3. The normalized spacial score (nSPS) is 17.9. The third-order valence-electron chi connectivity index (χ3n) is 7.19. The highest BCUT2D eigenvalue weighted by Crippen LogP contribution is 2.38. The number of aryl methyl sites for hydroxylation is 1. The van der Waals surface area contributed by atoms with Crippen LogP contribution in [0.4, 0.5) is 11.5 Å². The summed E-state index contributed by atoms with van der Waals surface area (Å²) in [5.41, 5.74) is 4.35. The number of nitrogens with zero attached hydrogens (tertiary/aromatic N) is 4. The zero-order valence-electron chi connectivity index (χ0n) is 20.0. The predicted octanol–water partition coefficient (Wildman–Crippen LogP) is 4.83. The quantitative estimate of drug-likeness (QED) is 0.544. The molecule has 0 unspecified atom stereocenters. The van der Waals surface area contributed by atoms with E-state index in [-0.39, 0.29) is 17.2 Å². The summed E-state index contributed by atoms with van der Waals surface area (Å²) in [6.45, 7) is 6.34. The minimum absolute atomic E-state index is 0.0220. The Hall–Kier alpha value is -3.70. The first-order valence-electron chi connectivity index (χ1n) is 12.1. The number of carboxylic acid groups (broad SMARTS) is 1. The van der Waals surface area contributed by atoms with Crippen molar-refractivity contribution in [3.63, 3.8) is 0 Å². The van der Waals surface area contributed by atoms with Crippen LogP contribution in [-0.2, 0) is 4.74 Å². The van der Waals surface area contributed by atoms with E-state index in [1.165, 1.54) is 0 Å². The van der Waals surface area contributed by atoms with Gasteiger partial charge in [0.1, 0.15) is 6.07 Å². The smallest absolute Gasteiger partial charge is 0.337 e. The molecule has 1 aromatic heterocycles. The molecule has 1 spiro atoms. The van der Waals surface area contributed by atoms with Gasteiger partial charge < -0.3 is 20.1 Å². The molecule has 2 aliphatic rings. The number of benzene rings is 2. The number of aromatic carboxylic acids is 1. The fraction of sp³-hybridized carbons (Fsp3) is 0.407. The van der Waals surface area contributed by atoms with Gasteiger partial charge in [0.2, 0.25) is 0 Å². The van der Waals surface area contributed by atoms with Crippen molar-refractivity contribution in [3.05, 3.63) is 58.8 Å². The summed E-state index contributed by atoms with van der Waals surface area (Å²) in [4.78, 5) is 23.5. The number of fused-ring (bicyclic) bond motifs is 1. The van der Waals surface area contributed by atoms with Crippen LogP contribution in [0.5, 0.6) is 0 Å². The van der Waals surface area contributed by atoms with Crippen LogP contribution in [0.1, 0.15) is 65.8 Å². The Morgan fingerprint density at radius 2 is 2.00 bits per heavy atom. The van der Waals surface area contributed by atoms with E-state index in [0.29, 0.717) is 22.7 Å². The summed E-state index contributed by atoms with van der Waals surface area (Å²) in [7, 11) is 0. The predicted molar refractivity (Wildman–Crippen MR) is 134 cm³/mol. The molecule has 0 aliphatic carbocycles. The Balaban J connectivity index is 1.51. The van der Waals surface area contributed by atoms with Crippen LogP contribution < -0.4 is 10.2 Å². The van der Waals surface area contributed by atoms with Crippen LogP contribution in [0.15, 0.2) is 36.4 Å². The minimum Gasteiger partial charge on any atom is -0.478 e. The van der Waals surface area contributed by atoms with Crippen molar-refractivity contribution in [2.45, 2.75) is 51.2 Å². The van der Waals surface area contributed by atoms with E-state index in [1.54, 1.807) is 18.2 Å². The molecule has 8 nitrogen and oxygen atoms in total. The van der Waals surface area contributed by atoms with Crippen molar-refractivity contribution >= 4 is 28.5 Å². The third kappa shape index (κ3) is 4.40. The molecule has 0 amide bonds. The molecule has 180 valence electrons. The summed E-state index contributed by atoms with van der Waals surface area (Å²) in [6, 6.07) is 12.9. The van der Waals surface area contributed by atoms with E-state index in [1.807, 2.05) is 32.0 Å². The highest BCUT2D eigenvalue weighted by Gasteiger charge is 2.39. The van der Waals surface area contributed by atoms with Crippen molar-refractivity contribution in [2.75, 3.05) is 29.9 Å². The number of carbonyl (C=O) groups is 1. The number of hydrogen-bond acceptors (Lipinski definition) is 7. The number of hydrogen-bond donors (Lipinski definition) is 2. The van der Waals surface area contributed by atoms with Crippen molar-refractivity contribution in [1.82, 2.24) is 9.97 Å². The van der Waals surface area contributed by atoms with E-state index in [2.05, 4.69) is 16.3 Å². The first-order valence-corrected chi connectivity index (χ1v) is 12.1. The number of nitrogens with one attached hydrogen (secondary N) is 1. The molecule has 2 fully saturated rings. The SMILES string of the molecule is Cc1cc([C@@H](C)Nc2ccccc2C(=O)O)c2nc(N3CCC4(CCCO4)CC3)c(C#N)nc2c1. The van der Waals surface area contributed by atoms with E-state index in [9.17, 15) is 15.2 Å². The zero-order valence-corrected chi connectivity index (χ0v) is 20.0. The molecule has 2 aliphatic heterocycles. The van der Waals surface area contributed by atoms with Crippen molar-refractivity contribution in [3.8, 4) is 6.07 Å². The van der Waals surface area contributed by atoms with Gasteiger partial charge in [0.25, 0.3) is 0 Å². The number of ether oxygens (including phenoxy) is 1. The molecule has 0 radical (unpaired) electrons. The van der Waals surface area contributed by atoms with Gasteiger partial charge >= 0.3 is 5.97 Å². The average Bonchev–Trinajstić information content (AvgIpc) is 3.31. The summed E-state index contributed by atoms with van der Waals surface area (Å²) < 4.78 is 6.06. The highest BCUT2D eigenvalue weighted by atomic mass is 16.5. The number of para-hydroxylation sites is 1. The van der Waals surface area contributed by atoms with Crippen molar-refractivity contribution in [1.29, 1.82) is 5.26 Å². The molecule has 3 heterocycles. The fourth-order valence-electron chi connectivity index (χ4n) is 5.33. The summed E-state index contributed by atoms with van der Waals surface area (Å²) in [6.07, 6.45) is 4.04. The molecule has 5 rings (SSSR count). The second-order valence-corrected chi connectivity index (χ2v) is 9.57. The lowest BCUT2D eigenvalue weighted by Gasteiger charge is -2.39. The van der Waals surface area contributed by atoms with Gasteiger partial charge in [0.05, 0.1) is 28.2 Å². The van der Waals surface area contributed by atoms with Gasteiger partial charge in [0, 0.05) is 30.9 Å². The van der Waals surface area contributed by atoms with Crippen LogP contribution in [0.25, 0.3) is 11.0 Å². The van der Waals surface area contributed by atoms with Crippen LogP contribution in [0.2, 0.25) is 0 Å². The maximum atomic E-state index is 11.7. The zero-order chi connectivity index (χ0) is 24.6. The second kappa shape index (κ2) is 9.16. The highest BCUT2D eigenvalue weighted by molar-refractivity contribution is 5.94. The lowest BCUT2D eigenvalue weighted by molar-refractivity contribution is -0.0147. The maximum Gasteiger partial charge on any atom is 0.337 e. The maximum absolute atomic E-state index is 11.7. The first-order chi connectivity index (χ1) is 16.9. The lowest BCUT2D eigenvalue weighted by atomic mass is 9.88. The van der Waals surface area contributed by atoms with Crippen molar-refractivity contribution in [2.24, 2.45) is 0 Å². The molecular weight excluding hydrogens is 442 g/mol. The Bertz CT molecular complexity index is 1320. The van der Waals surface area contributed by atoms with Gasteiger partial charge in [-0.2, -0.15) is 5.26 Å². The Morgan fingerprint density at radius 3 is 2.69 bits per heavy atom. The molecule has 0 bridgehead atoms. The number of anilines is 2. The Morgan fingerprint density at radius 1 is 1.23 bits per heavy atom. The number of aromatic nitrogens is 2. The summed E-state index contributed by atoms with van der Waals surface area (Å²) >= 11 is 0. The van der Waals surface area contributed by atoms with Crippen LogP contribution in [0, 0.1) is 18.3 Å². The van der Waals surface area contributed by atoms with Gasteiger partial charge in [-0.3, -0.25) is 0 Å². The summed E-state index contributed by atoms with van der Waals surface area (Å²) in [5.74, 6) is -0.375.